The van der Waals surface area contributed by atoms with Gasteiger partial charge in [0.15, 0.2) is 0 Å². The van der Waals surface area contributed by atoms with E-state index in [-0.39, 0.29) is 6.04 Å². The van der Waals surface area contributed by atoms with Crippen molar-refractivity contribution >= 4 is 33.5 Å². The van der Waals surface area contributed by atoms with E-state index in [1.807, 2.05) is 12.1 Å². The van der Waals surface area contributed by atoms with Crippen molar-refractivity contribution in [1.29, 1.82) is 0 Å². The van der Waals surface area contributed by atoms with E-state index in [0.717, 1.165) is 48.2 Å². The van der Waals surface area contributed by atoms with Crippen molar-refractivity contribution in [2.24, 2.45) is 5.92 Å². The SMILES string of the molecule is Nc1nc(NCC2CC2)cc(N2CCN[C@H](c3ccccc3Br)C2)n1. The minimum atomic E-state index is 0.253. The Morgan fingerprint density at radius 3 is 2.92 bits per heavy atom. The molecular formula is C18H23BrN6. The van der Waals surface area contributed by atoms with E-state index in [1.165, 1.54) is 18.4 Å². The molecule has 4 N–H and O–H groups in total. The van der Waals surface area contributed by atoms with Gasteiger partial charge in [0.2, 0.25) is 5.95 Å². The number of nitrogens with one attached hydrogen (secondary N) is 2. The summed E-state index contributed by atoms with van der Waals surface area (Å²) >= 11 is 3.66. The van der Waals surface area contributed by atoms with Gasteiger partial charge in [0.05, 0.1) is 6.04 Å². The van der Waals surface area contributed by atoms with Crippen molar-refractivity contribution in [3.05, 3.63) is 40.4 Å². The number of nitrogens with two attached hydrogens (primary N) is 1. The van der Waals surface area contributed by atoms with Gasteiger partial charge in [-0.05, 0) is 30.4 Å². The monoisotopic (exact) mass is 402 g/mol. The first-order chi connectivity index (χ1) is 12.2. The molecule has 0 radical (unpaired) electrons. The highest BCUT2D eigenvalue weighted by atomic mass is 79.9. The molecule has 2 fully saturated rings. The van der Waals surface area contributed by atoms with Gasteiger partial charge in [0.25, 0.3) is 0 Å². The summed E-state index contributed by atoms with van der Waals surface area (Å²) in [7, 11) is 0. The third-order valence-corrected chi connectivity index (χ3v) is 5.50. The van der Waals surface area contributed by atoms with E-state index in [9.17, 15) is 0 Å². The van der Waals surface area contributed by atoms with Crippen LogP contribution in [0.3, 0.4) is 0 Å². The van der Waals surface area contributed by atoms with Crippen LogP contribution in [-0.4, -0.2) is 36.1 Å². The van der Waals surface area contributed by atoms with Crippen LogP contribution in [0.2, 0.25) is 0 Å². The van der Waals surface area contributed by atoms with Gasteiger partial charge in [-0.3, -0.25) is 0 Å². The van der Waals surface area contributed by atoms with Crippen molar-refractivity contribution in [1.82, 2.24) is 15.3 Å². The molecule has 7 heteroatoms. The Balaban J connectivity index is 1.51. The van der Waals surface area contributed by atoms with E-state index in [1.54, 1.807) is 0 Å². The zero-order valence-electron chi connectivity index (χ0n) is 14.1. The Morgan fingerprint density at radius 2 is 2.12 bits per heavy atom. The average molecular weight is 403 g/mol. The van der Waals surface area contributed by atoms with Crippen LogP contribution in [0.25, 0.3) is 0 Å². The molecule has 1 saturated carbocycles. The number of aromatic nitrogens is 2. The molecular weight excluding hydrogens is 380 g/mol. The molecule has 0 bridgehead atoms. The predicted molar refractivity (Wildman–Crippen MR) is 105 cm³/mol. The van der Waals surface area contributed by atoms with Crippen molar-refractivity contribution in [2.75, 3.05) is 42.1 Å². The van der Waals surface area contributed by atoms with E-state index < -0.39 is 0 Å². The van der Waals surface area contributed by atoms with E-state index >= 15 is 0 Å². The average Bonchev–Trinajstić information content (AvgIpc) is 3.44. The maximum atomic E-state index is 5.95. The number of benzene rings is 1. The number of piperazine rings is 1. The highest BCUT2D eigenvalue weighted by Crippen LogP contribution is 2.30. The normalized spacial score (nSPS) is 20.5. The Bertz CT molecular complexity index is 748. The molecule has 2 aromatic rings. The van der Waals surface area contributed by atoms with Gasteiger partial charge < -0.3 is 21.3 Å². The predicted octanol–water partition coefficient (Wildman–Crippen LogP) is 2.79. The van der Waals surface area contributed by atoms with E-state index in [2.05, 4.69) is 59.6 Å². The van der Waals surface area contributed by atoms with Gasteiger partial charge in [0.1, 0.15) is 11.6 Å². The van der Waals surface area contributed by atoms with Crippen molar-refractivity contribution in [2.45, 2.75) is 18.9 Å². The molecule has 1 atom stereocenters. The van der Waals surface area contributed by atoms with Crippen molar-refractivity contribution in [3.63, 3.8) is 0 Å². The van der Waals surface area contributed by atoms with Gasteiger partial charge in [-0.2, -0.15) is 9.97 Å². The summed E-state index contributed by atoms with van der Waals surface area (Å²) in [5.74, 6) is 2.83. The van der Waals surface area contributed by atoms with E-state index in [0.29, 0.717) is 5.95 Å². The van der Waals surface area contributed by atoms with Crippen LogP contribution in [0.15, 0.2) is 34.8 Å². The lowest BCUT2D eigenvalue weighted by atomic mass is 10.0. The summed E-state index contributed by atoms with van der Waals surface area (Å²) in [6, 6.07) is 10.6. The van der Waals surface area contributed by atoms with Crippen molar-refractivity contribution in [3.8, 4) is 0 Å². The van der Waals surface area contributed by atoms with Crippen LogP contribution in [0, 0.1) is 5.92 Å². The largest absolute Gasteiger partial charge is 0.370 e. The molecule has 25 heavy (non-hydrogen) atoms. The highest BCUT2D eigenvalue weighted by molar-refractivity contribution is 9.10. The lowest BCUT2D eigenvalue weighted by molar-refractivity contribution is 0.468. The molecule has 6 nitrogen and oxygen atoms in total. The number of hydrogen-bond acceptors (Lipinski definition) is 6. The molecule has 1 aliphatic heterocycles. The minimum Gasteiger partial charge on any atom is -0.370 e. The lowest BCUT2D eigenvalue weighted by Gasteiger charge is -2.35. The summed E-state index contributed by atoms with van der Waals surface area (Å²) in [5.41, 5.74) is 7.21. The number of rotatable bonds is 5. The molecule has 0 spiro atoms. The quantitative estimate of drug-likeness (QED) is 0.713. The number of anilines is 3. The molecule has 1 aromatic carbocycles. The third kappa shape index (κ3) is 4.04. The van der Waals surface area contributed by atoms with E-state index in [4.69, 9.17) is 5.73 Å². The van der Waals surface area contributed by atoms with Crippen LogP contribution in [0.4, 0.5) is 17.6 Å². The van der Waals surface area contributed by atoms with Crippen molar-refractivity contribution < 1.29 is 0 Å². The second-order valence-electron chi connectivity index (χ2n) is 6.77. The molecule has 0 amide bonds. The van der Waals surface area contributed by atoms with Crippen LogP contribution in [-0.2, 0) is 0 Å². The van der Waals surface area contributed by atoms with Gasteiger partial charge in [-0.25, -0.2) is 0 Å². The molecule has 132 valence electrons. The fourth-order valence-corrected chi connectivity index (χ4v) is 3.76. The highest BCUT2D eigenvalue weighted by Gasteiger charge is 2.24. The molecule has 1 saturated heterocycles. The Hall–Kier alpha value is -1.86. The second kappa shape index (κ2) is 7.17. The Morgan fingerprint density at radius 1 is 1.28 bits per heavy atom. The van der Waals surface area contributed by atoms with Crippen LogP contribution >= 0.6 is 15.9 Å². The molecule has 1 aliphatic carbocycles. The summed E-state index contributed by atoms with van der Waals surface area (Å²) in [4.78, 5) is 11.1. The number of nitrogen functional groups attached to an aromatic ring is 1. The minimum absolute atomic E-state index is 0.253. The maximum Gasteiger partial charge on any atom is 0.223 e. The van der Waals surface area contributed by atoms with Crippen LogP contribution in [0.1, 0.15) is 24.4 Å². The molecule has 2 heterocycles. The molecule has 2 aliphatic rings. The van der Waals surface area contributed by atoms with Crippen LogP contribution in [0.5, 0.6) is 0 Å². The molecule has 1 aromatic heterocycles. The fraction of sp³-hybridized carbons (Fsp3) is 0.444. The lowest BCUT2D eigenvalue weighted by Crippen LogP contribution is -2.46. The maximum absolute atomic E-state index is 5.95. The number of halogens is 1. The zero-order chi connectivity index (χ0) is 17.2. The van der Waals surface area contributed by atoms with Gasteiger partial charge in [0, 0.05) is 36.7 Å². The summed E-state index contributed by atoms with van der Waals surface area (Å²) in [6.45, 7) is 3.62. The second-order valence-corrected chi connectivity index (χ2v) is 7.62. The zero-order valence-corrected chi connectivity index (χ0v) is 15.7. The van der Waals surface area contributed by atoms with Crippen LogP contribution < -0.4 is 21.3 Å². The molecule has 0 unspecified atom stereocenters. The Labute approximate surface area is 156 Å². The summed E-state index contributed by atoms with van der Waals surface area (Å²) in [5, 5.41) is 6.99. The molecule has 4 rings (SSSR count). The summed E-state index contributed by atoms with van der Waals surface area (Å²) < 4.78 is 1.13. The Kier molecular flexibility index (Phi) is 4.76. The van der Waals surface area contributed by atoms with Gasteiger partial charge in [-0.1, -0.05) is 34.1 Å². The first-order valence-corrected chi connectivity index (χ1v) is 9.59. The van der Waals surface area contributed by atoms with Gasteiger partial charge in [-0.15, -0.1) is 0 Å². The first kappa shape index (κ1) is 16.6. The number of nitrogens with zero attached hydrogens (tertiary/aromatic N) is 3. The van der Waals surface area contributed by atoms with Gasteiger partial charge >= 0.3 is 0 Å². The summed E-state index contributed by atoms with van der Waals surface area (Å²) in [6.07, 6.45) is 2.62. The fourth-order valence-electron chi connectivity index (χ4n) is 3.20. The third-order valence-electron chi connectivity index (χ3n) is 4.78. The smallest absolute Gasteiger partial charge is 0.223 e. The topological polar surface area (TPSA) is 79.1 Å². The first-order valence-electron chi connectivity index (χ1n) is 8.80. The number of hydrogen-bond donors (Lipinski definition) is 3. The standard InChI is InChI=1S/C18H23BrN6/c19-14-4-2-1-3-13(14)15-11-25(8-7-21-15)17-9-16(23-18(20)24-17)22-10-12-5-6-12/h1-4,9,12,15,21H,5-8,10-11H2,(H3,20,22,23,24)/t15-/m0/s1.